The Morgan fingerprint density at radius 3 is 1.96 bits per heavy atom. The molecule has 0 spiro atoms. The van der Waals surface area contributed by atoms with Gasteiger partial charge in [-0.15, -0.1) is 0 Å². The van der Waals surface area contributed by atoms with Gasteiger partial charge in [0.15, 0.2) is 11.5 Å². The van der Waals surface area contributed by atoms with E-state index < -0.39 is 5.41 Å². The second-order valence-electron chi connectivity index (χ2n) is 8.24. The van der Waals surface area contributed by atoms with E-state index >= 15 is 0 Å². The molecule has 6 nitrogen and oxygen atoms in total. The van der Waals surface area contributed by atoms with E-state index in [0.29, 0.717) is 31.7 Å². The number of carbonyl (C=O) groups excluding carboxylic acids is 2. The molecule has 1 aromatic carbocycles. The highest BCUT2D eigenvalue weighted by Crippen LogP contribution is 2.49. The minimum absolute atomic E-state index is 0.0159. The van der Waals surface area contributed by atoms with Crippen molar-refractivity contribution >= 4 is 11.8 Å². The lowest BCUT2D eigenvalue weighted by atomic mass is 9.96. The maximum atomic E-state index is 13.4. The van der Waals surface area contributed by atoms with Crippen molar-refractivity contribution in [2.45, 2.75) is 51.5 Å². The number of ether oxygens (including phenoxy) is 2. The molecule has 2 aliphatic heterocycles. The van der Waals surface area contributed by atoms with Gasteiger partial charge in [0.1, 0.15) is 5.41 Å². The Bertz CT molecular complexity index is 764. The average molecular weight is 386 g/mol. The fourth-order valence-electron chi connectivity index (χ4n) is 4.58. The van der Waals surface area contributed by atoms with Crippen molar-refractivity contribution in [3.8, 4) is 11.5 Å². The van der Waals surface area contributed by atoms with Gasteiger partial charge in [-0.1, -0.05) is 12.8 Å². The van der Waals surface area contributed by atoms with Crippen LogP contribution in [0.25, 0.3) is 0 Å². The molecule has 1 aliphatic carbocycles. The van der Waals surface area contributed by atoms with E-state index in [1.54, 1.807) is 14.2 Å². The maximum Gasteiger partial charge on any atom is 0.238 e. The van der Waals surface area contributed by atoms with Gasteiger partial charge < -0.3 is 19.3 Å². The van der Waals surface area contributed by atoms with Crippen LogP contribution < -0.4 is 9.47 Å². The van der Waals surface area contributed by atoms with Crippen LogP contribution in [0.15, 0.2) is 12.1 Å². The number of amides is 2. The number of carbonyl (C=O) groups is 2. The molecule has 152 valence electrons. The third-order valence-electron chi connectivity index (χ3n) is 6.47. The van der Waals surface area contributed by atoms with Crippen molar-refractivity contribution in [2.75, 3.05) is 33.9 Å². The molecule has 1 aromatic rings. The van der Waals surface area contributed by atoms with Gasteiger partial charge in [-0.05, 0) is 55.4 Å². The summed E-state index contributed by atoms with van der Waals surface area (Å²) in [5, 5.41) is 0. The molecule has 2 heterocycles. The predicted molar refractivity (Wildman–Crippen MR) is 105 cm³/mol. The number of fused-ring (bicyclic) bond motifs is 1. The Kier molecular flexibility index (Phi) is 5.21. The van der Waals surface area contributed by atoms with E-state index in [-0.39, 0.29) is 11.8 Å². The second kappa shape index (κ2) is 7.64. The summed E-state index contributed by atoms with van der Waals surface area (Å²) in [4.78, 5) is 30.4. The molecule has 4 rings (SSSR count). The number of benzene rings is 1. The Morgan fingerprint density at radius 2 is 1.39 bits per heavy atom. The highest BCUT2D eigenvalue weighted by molar-refractivity contribution is 6.07. The third-order valence-corrected chi connectivity index (χ3v) is 6.47. The van der Waals surface area contributed by atoms with E-state index in [2.05, 4.69) is 0 Å². The van der Waals surface area contributed by atoms with Crippen molar-refractivity contribution in [1.29, 1.82) is 0 Å². The van der Waals surface area contributed by atoms with Crippen molar-refractivity contribution in [3.63, 3.8) is 0 Å². The van der Waals surface area contributed by atoms with Crippen LogP contribution in [0.4, 0.5) is 0 Å². The van der Waals surface area contributed by atoms with E-state index in [4.69, 9.17) is 9.47 Å². The molecule has 3 aliphatic rings. The molecule has 1 saturated carbocycles. The number of methoxy groups -OCH3 is 2. The lowest BCUT2D eigenvalue weighted by molar-refractivity contribution is -0.150. The molecule has 0 radical (unpaired) electrons. The van der Waals surface area contributed by atoms with Gasteiger partial charge in [-0.2, -0.15) is 0 Å². The van der Waals surface area contributed by atoms with E-state index in [9.17, 15) is 9.59 Å². The van der Waals surface area contributed by atoms with Crippen molar-refractivity contribution in [2.24, 2.45) is 5.41 Å². The average Bonchev–Trinajstić information content (AvgIpc) is 3.56. The number of likely N-dealkylation sites (tertiary alicyclic amines) is 1. The Labute approximate surface area is 166 Å². The van der Waals surface area contributed by atoms with Crippen molar-refractivity contribution in [1.82, 2.24) is 9.80 Å². The van der Waals surface area contributed by atoms with Gasteiger partial charge >= 0.3 is 0 Å². The summed E-state index contributed by atoms with van der Waals surface area (Å²) < 4.78 is 10.8. The molecule has 6 heteroatoms. The first-order chi connectivity index (χ1) is 13.6. The number of hydrogen-bond acceptors (Lipinski definition) is 4. The SMILES string of the molecule is COc1cc2c(cc1OC)CN(C(=O)C1(C(=O)N3CCCCCC3)CC1)CC2. The quantitative estimate of drug-likeness (QED) is 0.747. The van der Waals surface area contributed by atoms with Crippen LogP contribution in [-0.2, 0) is 22.6 Å². The topological polar surface area (TPSA) is 59.1 Å². The third kappa shape index (κ3) is 3.33. The zero-order valence-corrected chi connectivity index (χ0v) is 17.0. The fraction of sp³-hybridized carbons (Fsp3) is 0.636. The summed E-state index contributed by atoms with van der Waals surface area (Å²) in [6.45, 7) is 2.78. The van der Waals surface area contributed by atoms with Crippen LogP contribution >= 0.6 is 0 Å². The normalized spacial score (nSPS) is 20.8. The molecule has 28 heavy (non-hydrogen) atoms. The summed E-state index contributed by atoms with van der Waals surface area (Å²) >= 11 is 0. The van der Waals surface area contributed by atoms with Crippen molar-refractivity contribution < 1.29 is 19.1 Å². The van der Waals surface area contributed by atoms with Gasteiger partial charge in [-0.25, -0.2) is 0 Å². The fourth-order valence-corrected chi connectivity index (χ4v) is 4.58. The van der Waals surface area contributed by atoms with Gasteiger partial charge in [0, 0.05) is 26.2 Å². The maximum absolute atomic E-state index is 13.4. The molecular formula is C22H30N2O4. The first kappa shape index (κ1) is 19.1. The smallest absolute Gasteiger partial charge is 0.238 e. The summed E-state index contributed by atoms with van der Waals surface area (Å²) in [7, 11) is 3.25. The van der Waals surface area contributed by atoms with E-state index in [1.165, 1.54) is 18.4 Å². The highest BCUT2D eigenvalue weighted by Gasteiger charge is 2.59. The highest BCUT2D eigenvalue weighted by atomic mass is 16.5. The van der Waals surface area contributed by atoms with E-state index in [1.807, 2.05) is 21.9 Å². The van der Waals surface area contributed by atoms with Gasteiger partial charge in [-0.3, -0.25) is 9.59 Å². The van der Waals surface area contributed by atoms with Crippen LogP contribution in [0, 0.1) is 5.41 Å². The standard InChI is InChI=1S/C22H30N2O4/c1-27-18-13-16-7-12-24(15-17(16)14-19(18)28-2)21(26)22(8-9-22)20(25)23-10-5-3-4-6-11-23/h13-14H,3-12,15H2,1-2H3. The summed E-state index contributed by atoms with van der Waals surface area (Å²) in [6, 6.07) is 3.97. The molecule has 2 fully saturated rings. The molecule has 0 bridgehead atoms. The first-order valence-electron chi connectivity index (χ1n) is 10.4. The van der Waals surface area contributed by atoms with Crippen molar-refractivity contribution in [3.05, 3.63) is 23.3 Å². The molecule has 1 saturated heterocycles. The van der Waals surface area contributed by atoms with Crippen LogP contribution in [0.3, 0.4) is 0 Å². The molecule has 0 aromatic heterocycles. The molecule has 2 amide bonds. The van der Waals surface area contributed by atoms with Crippen LogP contribution in [-0.4, -0.2) is 55.5 Å². The van der Waals surface area contributed by atoms with Gasteiger partial charge in [0.25, 0.3) is 0 Å². The molecule has 0 unspecified atom stereocenters. The minimum Gasteiger partial charge on any atom is -0.493 e. The summed E-state index contributed by atoms with van der Waals surface area (Å²) in [5.41, 5.74) is 1.47. The second-order valence-corrected chi connectivity index (χ2v) is 8.24. The largest absolute Gasteiger partial charge is 0.493 e. The number of nitrogens with zero attached hydrogens (tertiary/aromatic N) is 2. The zero-order chi connectivity index (χ0) is 19.7. The number of hydrogen-bond donors (Lipinski definition) is 0. The Balaban J connectivity index is 1.50. The summed E-state index contributed by atoms with van der Waals surface area (Å²) in [6.07, 6.45) is 6.61. The van der Waals surface area contributed by atoms with Crippen LogP contribution in [0.2, 0.25) is 0 Å². The zero-order valence-electron chi connectivity index (χ0n) is 17.0. The molecule has 0 N–H and O–H groups in total. The van der Waals surface area contributed by atoms with Gasteiger partial charge in [0.05, 0.1) is 14.2 Å². The lowest BCUT2D eigenvalue weighted by Gasteiger charge is -2.34. The lowest BCUT2D eigenvalue weighted by Crippen LogP contribution is -2.48. The summed E-state index contributed by atoms with van der Waals surface area (Å²) in [5.74, 6) is 1.48. The van der Waals surface area contributed by atoms with Crippen LogP contribution in [0.1, 0.15) is 49.7 Å². The van der Waals surface area contributed by atoms with Gasteiger partial charge in [0.2, 0.25) is 11.8 Å². The predicted octanol–water partition coefficient (Wildman–Crippen LogP) is 2.77. The molecule has 0 atom stereocenters. The Hall–Kier alpha value is -2.24. The monoisotopic (exact) mass is 386 g/mol. The number of rotatable bonds is 4. The Morgan fingerprint density at radius 1 is 0.821 bits per heavy atom. The minimum atomic E-state index is -0.793. The first-order valence-corrected chi connectivity index (χ1v) is 10.4. The molecular weight excluding hydrogens is 356 g/mol. The van der Waals surface area contributed by atoms with Crippen LogP contribution in [0.5, 0.6) is 11.5 Å². The van der Waals surface area contributed by atoms with E-state index in [0.717, 1.165) is 43.7 Å².